The molecule has 222 valence electrons. The summed E-state index contributed by atoms with van der Waals surface area (Å²) in [4.78, 5) is 37.6. The van der Waals surface area contributed by atoms with Crippen LogP contribution in [-0.2, 0) is 17.8 Å². The molecule has 4 N–H and O–H groups in total. The van der Waals surface area contributed by atoms with Crippen molar-refractivity contribution in [2.75, 3.05) is 45.6 Å². The molecule has 1 aliphatic heterocycles. The van der Waals surface area contributed by atoms with Crippen LogP contribution < -0.4 is 20.9 Å². The molecule has 1 saturated heterocycles. The predicted molar refractivity (Wildman–Crippen MR) is 156 cm³/mol. The number of hydrogen-bond acceptors (Lipinski definition) is 9. The average molecular weight is 568 g/mol. The van der Waals surface area contributed by atoms with Crippen LogP contribution in [0.15, 0.2) is 24.3 Å². The zero-order chi connectivity index (χ0) is 29.7. The summed E-state index contributed by atoms with van der Waals surface area (Å²) in [5.74, 6) is 0.294. The number of amides is 2. The van der Waals surface area contributed by atoms with Crippen LogP contribution >= 0.6 is 0 Å². The number of benzene rings is 1. The van der Waals surface area contributed by atoms with Gasteiger partial charge in [-0.25, -0.2) is 4.79 Å². The average Bonchev–Trinajstić information content (AvgIpc) is 3.28. The van der Waals surface area contributed by atoms with Gasteiger partial charge in [0.05, 0.1) is 25.6 Å². The molecule has 3 aromatic rings. The van der Waals surface area contributed by atoms with Gasteiger partial charge in [-0.2, -0.15) is 9.97 Å². The molecule has 1 aromatic carbocycles. The van der Waals surface area contributed by atoms with Crippen molar-refractivity contribution in [3.63, 3.8) is 0 Å². The van der Waals surface area contributed by atoms with Gasteiger partial charge in [-0.3, -0.25) is 9.69 Å². The third-order valence-electron chi connectivity index (χ3n) is 6.85. The highest BCUT2D eigenvalue weighted by atomic mass is 16.6. The maximum absolute atomic E-state index is 12.4. The number of fused-ring (bicyclic) bond motifs is 1. The summed E-state index contributed by atoms with van der Waals surface area (Å²) < 4.78 is 18.7. The molecule has 0 radical (unpaired) electrons. The number of nitrogen functional groups attached to an aromatic ring is 1. The van der Waals surface area contributed by atoms with E-state index in [1.807, 2.05) is 39.0 Å². The summed E-state index contributed by atoms with van der Waals surface area (Å²) in [6.45, 7) is 11.8. The molecule has 2 amide bonds. The second-order valence-corrected chi connectivity index (χ2v) is 11.2. The summed E-state index contributed by atoms with van der Waals surface area (Å²) in [6, 6.07) is 7.78. The lowest BCUT2D eigenvalue weighted by molar-refractivity contribution is 0.0139. The maximum Gasteiger partial charge on any atom is 0.410 e. The van der Waals surface area contributed by atoms with E-state index in [1.165, 1.54) is 0 Å². The van der Waals surface area contributed by atoms with E-state index in [2.05, 4.69) is 21.8 Å². The molecule has 0 atom stereocenters. The van der Waals surface area contributed by atoms with Crippen LogP contribution in [-0.4, -0.2) is 81.8 Å². The molecular formula is C29H41N7O5. The summed E-state index contributed by atoms with van der Waals surface area (Å²) in [5, 5.41) is 0.530. The van der Waals surface area contributed by atoms with Crippen molar-refractivity contribution in [2.24, 2.45) is 5.73 Å². The second-order valence-electron chi connectivity index (χ2n) is 11.2. The minimum Gasteiger partial charge on any atom is -0.496 e. The van der Waals surface area contributed by atoms with Crippen LogP contribution in [0.5, 0.6) is 11.8 Å². The van der Waals surface area contributed by atoms with E-state index >= 15 is 0 Å². The number of ether oxygens (including phenoxy) is 3. The molecule has 4 rings (SSSR count). The van der Waals surface area contributed by atoms with Crippen molar-refractivity contribution in [3.8, 4) is 11.8 Å². The van der Waals surface area contributed by atoms with Crippen molar-refractivity contribution in [1.29, 1.82) is 0 Å². The SMILES string of the molecule is CCCCOc1nc(N)c2cc(C(N)=O)n(Cc3ccc(CN4CCN(C(=O)OC(C)(C)C)CC4)cc3OC)c2n1. The number of carbonyl (C=O) groups is 2. The fraction of sp³-hybridized carbons (Fsp3) is 0.517. The first kappa shape index (κ1) is 29.9. The Labute approximate surface area is 240 Å². The van der Waals surface area contributed by atoms with E-state index in [0.717, 1.165) is 37.1 Å². The van der Waals surface area contributed by atoms with Gasteiger partial charge in [0.25, 0.3) is 5.91 Å². The zero-order valence-corrected chi connectivity index (χ0v) is 24.6. The number of piperazine rings is 1. The smallest absolute Gasteiger partial charge is 0.410 e. The van der Waals surface area contributed by atoms with Crippen LogP contribution in [0.4, 0.5) is 10.6 Å². The molecule has 12 heteroatoms. The third-order valence-corrected chi connectivity index (χ3v) is 6.85. The zero-order valence-electron chi connectivity index (χ0n) is 24.6. The molecule has 0 spiro atoms. The Hall–Kier alpha value is -4.06. The van der Waals surface area contributed by atoms with Crippen LogP contribution in [0.3, 0.4) is 0 Å². The van der Waals surface area contributed by atoms with Crippen LogP contribution in [0.25, 0.3) is 11.0 Å². The summed E-state index contributed by atoms with van der Waals surface area (Å²) in [6.07, 6.45) is 1.55. The molecule has 12 nitrogen and oxygen atoms in total. The first-order valence-corrected chi connectivity index (χ1v) is 13.9. The van der Waals surface area contributed by atoms with E-state index in [9.17, 15) is 9.59 Å². The first-order chi connectivity index (χ1) is 19.5. The third kappa shape index (κ3) is 7.37. The summed E-state index contributed by atoms with van der Waals surface area (Å²) in [5.41, 5.74) is 14.1. The van der Waals surface area contributed by atoms with Crippen molar-refractivity contribution >= 4 is 28.9 Å². The Bertz CT molecular complexity index is 1390. The normalized spacial score (nSPS) is 14.3. The van der Waals surface area contributed by atoms with Crippen molar-refractivity contribution in [1.82, 2.24) is 24.3 Å². The van der Waals surface area contributed by atoms with E-state index in [0.29, 0.717) is 43.0 Å². The first-order valence-electron chi connectivity index (χ1n) is 13.9. The monoisotopic (exact) mass is 567 g/mol. The predicted octanol–water partition coefficient (Wildman–Crippen LogP) is 3.40. The molecular weight excluding hydrogens is 526 g/mol. The number of nitrogens with two attached hydrogens (primary N) is 2. The standard InChI is InChI=1S/C29H41N7O5/c1-6-7-14-40-27-32-24(30)21-16-22(25(31)37)36(26(21)33-27)18-20-9-8-19(15-23(20)39-5)17-34-10-12-35(13-11-34)28(38)41-29(2,3)4/h8-9,15-16H,6-7,10-14,17-18H2,1-5H3,(H2,31,37)(H2,30,32,33). The van der Waals surface area contributed by atoms with Crippen LogP contribution in [0.1, 0.15) is 62.2 Å². The van der Waals surface area contributed by atoms with Gasteiger partial charge >= 0.3 is 12.1 Å². The van der Waals surface area contributed by atoms with E-state index in [-0.39, 0.29) is 30.2 Å². The van der Waals surface area contributed by atoms with Gasteiger partial charge in [-0.05, 0) is 44.9 Å². The largest absolute Gasteiger partial charge is 0.496 e. The number of anilines is 1. The van der Waals surface area contributed by atoms with Gasteiger partial charge in [0.2, 0.25) is 0 Å². The Morgan fingerprint density at radius 1 is 1.05 bits per heavy atom. The van der Waals surface area contributed by atoms with Crippen molar-refractivity contribution in [2.45, 2.75) is 59.2 Å². The number of nitrogens with zero attached hydrogens (tertiary/aromatic N) is 5. The lowest BCUT2D eigenvalue weighted by atomic mass is 10.1. The fourth-order valence-corrected chi connectivity index (χ4v) is 4.72. The highest BCUT2D eigenvalue weighted by molar-refractivity contribution is 5.99. The quantitative estimate of drug-likeness (QED) is 0.351. The Balaban J connectivity index is 1.51. The highest BCUT2D eigenvalue weighted by Gasteiger charge is 2.26. The molecule has 0 aliphatic carbocycles. The van der Waals surface area contributed by atoms with Gasteiger partial charge < -0.3 is 35.1 Å². The lowest BCUT2D eigenvalue weighted by Crippen LogP contribution is -2.49. The molecule has 0 unspecified atom stereocenters. The highest BCUT2D eigenvalue weighted by Crippen LogP contribution is 2.29. The van der Waals surface area contributed by atoms with E-state index < -0.39 is 11.5 Å². The van der Waals surface area contributed by atoms with Gasteiger partial charge in [-0.1, -0.05) is 25.5 Å². The van der Waals surface area contributed by atoms with Crippen molar-refractivity contribution < 1.29 is 23.8 Å². The van der Waals surface area contributed by atoms with Crippen molar-refractivity contribution in [3.05, 3.63) is 41.1 Å². The number of methoxy groups -OCH3 is 1. The number of carbonyl (C=O) groups excluding carboxylic acids is 2. The molecule has 1 aliphatic rings. The number of aromatic nitrogens is 3. The van der Waals surface area contributed by atoms with E-state index in [1.54, 1.807) is 22.6 Å². The second kappa shape index (κ2) is 12.6. The van der Waals surface area contributed by atoms with E-state index in [4.69, 9.17) is 25.7 Å². The van der Waals surface area contributed by atoms with Gasteiger partial charge in [-0.15, -0.1) is 0 Å². The van der Waals surface area contributed by atoms with Gasteiger partial charge in [0.15, 0.2) is 0 Å². The molecule has 0 saturated carbocycles. The summed E-state index contributed by atoms with van der Waals surface area (Å²) in [7, 11) is 1.62. The lowest BCUT2D eigenvalue weighted by Gasteiger charge is -2.35. The van der Waals surface area contributed by atoms with Gasteiger partial charge in [0, 0.05) is 38.3 Å². The summed E-state index contributed by atoms with van der Waals surface area (Å²) >= 11 is 0. The minimum absolute atomic E-state index is 0.160. The Morgan fingerprint density at radius 3 is 2.41 bits per heavy atom. The number of rotatable bonds is 10. The number of hydrogen-bond donors (Lipinski definition) is 2. The number of unbranched alkanes of at least 4 members (excludes halogenated alkanes) is 1. The maximum atomic E-state index is 12.4. The Kier molecular flexibility index (Phi) is 9.21. The van der Waals surface area contributed by atoms with Crippen LogP contribution in [0, 0.1) is 0 Å². The molecule has 41 heavy (non-hydrogen) atoms. The van der Waals surface area contributed by atoms with Crippen LogP contribution in [0.2, 0.25) is 0 Å². The topological polar surface area (TPSA) is 151 Å². The fourth-order valence-electron chi connectivity index (χ4n) is 4.72. The molecule has 3 heterocycles. The Morgan fingerprint density at radius 2 is 1.78 bits per heavy atom. The minimum atomic E-state index is -0.600. The molecule has 1 fully saturated rings. The number of primary amides is 1. The molecule has 0 bridgehead atoms. The molecule has 2 aromatic heterocycles. The van der Waals surface area contributed by atoms with Gasteiger partial charge in [0.1, 0.15) is 28.5 Å².